The predicted octanol–water partition coefficient (Wildman–Crippen LogP) is 3.24. The summed E-state index contributed by atoms with van der Waals surface area (Å²) in [5, 5.41) is 3.17. The van der Waals surface area contributed by atoms with Crippen LogP contribution in [-0.4, -0.2) is 25.8 Å². The molecule has 102 valence electrons. The van der Waals surface area contributed by atoms with Gasteiger partial charge in [0, 0.05) is 6.54 Å². The van der Waals surface area contributed by atoms with E-state index in [9.17, 15) is 0 Å². The molecule has 0 bridgehead atoms. The SMILES string of the molecule is CCCOc1ccc(OC(C)(CC)CNC)cc1. The van der Waals surface area contributed by atoms with Crippen molar-refractivity contribution in [3.05, 3.63) is 24.3 Å². The van der Waals surface area contributed by atoms with Gasteiger partial charge in [-0.05, 0) is 51.1 Å². The average Bonchev–Trinajstić information content (AvgIpc) is 2.38. The molecule has 0 fully saturated rings. The Morgan fingerprint density at radius 2 is 1.72 bits per heavy atom. The molecular weight excluding hydrogens is 226 g/mol. The lowest BCUT2D eigenvalue weighted by molar-refractivity contribution is 0.0857. The third-order valence-electron chi connectivity index (χ3n) is 2.96. The van der Waals surface area contributed by atoms with Gasteiger partial charge in [-0.25, -0.2) is 0 Å². The molecular formula is C15H25NO2. The van der Waals surface area contributed by atoms with Crippen LogP contribution in [0.1, 0.15) is 33.6 Å². The van der Waals surface area contributed by atoms with Crippen molar-refractivity contribution in [3.63, 3.8) is 0 Å². The molecule has 3 nitrogen and oxygen atoms in total. The van der Waals surface area contributed by atoms with E-state index in [-0.39, 0.29) is 5.60 Å². The molecule has 1 rings (SSSR count). The third kappa shape index (κ3) is 4.57. The molecule has 1 aromatic carbocycles. The third-order valence-corrected chi connectivity index (χ3v) is 2.96. The van der Waals surface area contributed by atoms with E-state index in [1.807, 2.05) is 31.3 Å². The Morgan fingerprint density at radius 1 is 1.11 bits per heavy atom. The molecule has 0 saturated carbocycles. The summed E-state index contributed by atoms with van der Waals surface area (Å²) in [6, 6.07) is 7.85. The van der Waals surface area contributed by atoms with Crippen LogP contribution >= 0.6 is 0 Å². The van der Waals surface area contributed by atoms with Crippen LogP contribution in [0.15, 0.2) is 24.3 Å². The fourth-order valence-electron chi connectivity index (χ4n) is 1.72. The van der Waals surface area contributed by atoms with E-state index in [0.29, 0.717) is 0 Å². The summed E-state index contributed by atoms with van der Waals surface area (Å²) in [5.41, 5.74) is -0.166. The molecule has 0 aliphatic carbocycles. The summed E-state index contributed by atoms with van der Waals surface area (Å²) >= 11 is 0. The number of hydrogen-bond donors (Lipinski definition) is 1. The van der Waals surface area contributed by atoms with Gasteiger partial charge in [0.1, 0.15) is 17.1 Å². The molecule has 0 aliphatic rings. The standard InChI is InChI=1S/C15H25NO2/c1-5-11-17-13-7-9-14(10-8-13)18-15(3,6-2)12-16-4/h7-10,16H,5-6,11-12H2,1-4H3. The zero-order valence-electron chi connectivity index (χ0n) is 12.0. The van der Waals surface area contributed by atoms with Gasteiger partial charge >= 0.3 is 0 Å². The van der Waals surface area contributed by atoms with E-state index in [4.69, 9.17) is 9.47 Å². The minimum Gasteiger partial charge on any atom is -0.494 e. The van der Waals surface area contributed by atoms with Crippen molar-refractivity contribution >= 4 is 0 Å². The van der Waals surface area contributed by atoms with Crippen LogP contribution in [-0.2, 0) is 0 Å². The second-order valence-electron chi connectivity index (χ2n) is 4.76. The first-order valence-corrected chi connectivity index (χ1v) is 6.70. The summed E-state index contributed by atoms with van der Waals surface area (Å²) in [7, 11) is 1.94. The summed E-state index contributed by atoms with van der Waals surface area (Å²) < 4.78 is 11.6. The molecule has 1 N–H and O–H groups in total. The van der Waals surface area contributed by atoms with Crippen molar-refractivity contribution in [2.24, 2.45) is 0 Å². The smallest absolute Gasteiger partial charge is 0.120 e. The fourth-order valence-corrected chi connectivity index (χ4v) is 1.72. The molecule has 0 aromatic heterocycles. The van der Waals surface area contributed by atoms with Crippen LogP contribution in [0.5, 0.6) is 11.5 Å². The second-order valence-corrected chi connectivity index (χ2v) is 4.76. The lowest BCUT2D eigenvalue weighted by Gasteiger charge is -2.29. The van der Waals surface area contributed by atoms with E-state index >= 15 is 0 Å². The van der Waals surface area contributed by atoms with Crippen molar-refractivity contribution < 1.29 is 9.47 Å². The largest absolute Gasteiger partial charge is 0.494 e. The number of nitrogens with one attached hydrogen (secondary N) is 1. The number of likely N-dealkylation sites (N-methyl/N-ethyl adjacent to an activating group) is 1. The minimum atomic E-state index is -0.166. The van der Waals surface area contributed by atoms with E-state index in [0.717, 1.165) is 37.5 Å². The Morgan fingerprint density at radius 3 is 2.22 bits per heavy atom. The molecule has 1 atom stereocenters. The van der Waals surface area contributed by atoms with E-state index in [1.54, 1.807) is 0 Å². The Bertz CT molecular complexity index is 337. The van der Waals surface area contributed by atoms with Gasteiger partial charge in [-0.15, -0.1) is 0 Å². The van der Waals surface area contributed by atoms with Crippen LogP contribution in [0.25, 0.3) is 0 Å². The molecule has 0 saturated heterocycles. The molecule has 3 heteroatoms. The van der Waals surface area contributed by atoms with Crippen molar-refractivity contribution in [1.82, 2.24) is 5.32 Å². The van der Waals surface area contributed by atoms with Crippen molar-refractivity contribution in [2.75, 3.05) is 20.2 Å². The van der Waals surface area contributed by atoms with Gasteiger partial charge in [0.25, 0.3) is 0 Å². The monoisotopic (exact) mass is 251 g/mol. The lowest BCUT2D eigenvalue weighted by atomic mass is 10.0. The highest BCUT2D eigenvalue weighted by molar-refractivity contribution is 5.31. The molecule has 0 heterocycles. The topological polar surface area (TPSA) is 30.5 Å². The predicted molar refractivity (Wildman–Crippen MR) is 75.5 cm³/mol. The zero-order chi connectivity index (χ0) is 13.4. The number of rotatable bonds is 8. The Hall–Kier alpha value is -1.22. The Kier molecular flexibility index (Phi) is 5.99. The normalized spacial score (nSPS) is 14.0. The molecule has 18 heavy (non-hydrogen) atoms. The van der Waals surface area contributed by atoms with Crippen LogP contribution in [0.3, 0.4) is 0 Å². The van der Waals surface area contributed by atoms with Crippen molar-refractivity contribution in [1.29, 1.82) is 0 Å². The first kappa shape index (κ1) is 14.8. The highest BCUT2D eigenvalue weighted by atomic mass is 16.5. The van der Waals surface area contributed by atoms with Crippen LogP contribution < -0.4 is 14.8 Å². The average molecular weight is 251 g/mol. The molecule has 1 unspecified atom stereocenters. The maximum absolute atomic E-state index is 6.03. The van der Waals surface area contributed by atoms with Crippen LogP contribution in [0.2, 0.25) is 0 Å². The number of hydrogen-bond acceptors (Lipinski definition) is 3. The first-order valence-electron chi connectivity index (χ1n) is 6.70. The summed E-state index contributed by atoms with van der Waals surface area (Å²) in [6.07, 6.45) is 1.98. The molecule has 1 aromatic rings. The van der Waals surface area contributed by atoms with Gasteiger partial charge in [-0.1, -0.05) is 13.8 Å². The number of ether oxygens (including phenoxy) is 2. The fraction of sp³-hybridized carbons (Fsp3) is 0.600. The lowest BCUT2D eigenvalue weighted by Crippen LogP contribution is -2.41. The maximum Gasteiger partial charge on any atom is 0.120 e. The van der Waals surface area contributed by atoms with Gasteiger partial charge in [-0.2, -0.15) is 0 Å². The molecule has 0 amide bonds. The Labute approximate surface area is 110 Å². The summed E-state index contributed by atoms with van der Waals surface area (Å²) in [4.78, 5) is 0. The first-order chi connectivity index (χ1) is 8.63. The van der Waals surface area contributed by atoms with Crippen LogP contribution in [0.4, 0.5) is 0 Å². The number of benzene rings is 1. The van der Waals surface area contributed by atoms with Crippen molar-refractivity contribution in [2.45, 2.75) is 39.2 Å². The van der Waals surface area contributed by atoms with E-state index in [1.165, 1.54) is 0 Å². The van der Waals surface area contributed by atoms with Gasteiger partial charge in [-0.3, -0.25) is 0 Å². The summed E-state index contributed by atoms with van der Waals surface area (Å²) in [5.74, 6) is 1.79. The second kappa shape index (κ2) is 7.27. The zero-order valence-corrected chi connectivity index (χ0v) is 12.0. The molecule has 0 radical (unpaired) electrons. The van der Waals surface area contributed by atoms with E-state index < -0.39 is 0 Å². The van der Waals surface area contributed by atoms with Gasteiger partial charge < -0.3 is 14.8 Å². The van der Waals surface area contributed by atoms with Gasteiger partial charge in [0.15, 0.2) is 0 Å². The minimum absolute atomic E-state index is 0.166. The Balaban J connectivity index is 2.61. The van der Waals surface area contributed by atoms with E-state index in [2.05, 4.69) is 26.1 Å². The van der Waals surface area contributed by atoms with Crippen molar-refractivity contribution in [3.8, 4) is 11.5 Å². The summed E-state index contributed by atoms with van der Waals surface area (Å²) in [6.45, 7) is 7.94. The van der Waals surface area contributed by atoms with Crippen LogP contribution in [0, 0.1) is 0 Å². The highest BCUT2D eigenvalue weighted by Crippen LogP contribution is 2.23. The molecule has 0 aliphatic heterocycles. The quantitative estimate of drug-likeness (QED) is 0.769. The van der Waals surface area contributed by atoms with Gasteiger partial charge in [0.2, 0.25) is 0 Å². The highest BCUT2D eigenvalue weighted by Gasteiger charge is 2.22. The van der Waals surface area contributed by atoms with Gasteiger partial charge in [0.05, 0.1) is 6.61 Å². The maximum atomic E-state index is 6.03. The molecule has 0 spiro atoms.